The highest BCUT2D eigenvalue weighted by atomic mass is 32.1. The summed E-state index contributed by atoms with van der Waals surface area (Å²) in [5.74, 6) is 0. The van der Waals surface area contributed by atoms with Crippen LogP contribution in [0.2, 0.25) is 0 Å². The number of pyridine rings is 1. The van der Waals surface area contributed by atoms with E-state index in [1.807, 2.05) is 23.6 Å². The van der Waals surface area contributed by atoms with Crippen LogP contribution in [-0.2, 0) is 10.3 Å². The molecule has 2 aromatic heterocycles. The third kappa shape index (κ3) is 2.25. The first-order valence-corrected chi connectivity index (χ1v) is 7.06. The number of nitrogens with zero attached hydrogens (tertiary/aromatic N) is 3. The van der Waals surface area contributed by atoms with Gasteiger partial charge in [-0.1, -0.05) is 6.07 Å². The molecule has 0 radical (unpaired) electrons. The normalized spacial score (nSPS) is 17.8. The van der Waals surface area contributed by atoms with Gasteiger partial charge < -0.3 is 9.58 Å². The minimum Gasteiger partial charge on any atom is -0.381 e. The van der Waals surface area contributed by atoms with Gasteiger partial charge in [-0.2, -0.15) is 0 Å². The maximum Gasteiger partial charge on any atom is 0.287 e. The Balaban J connectivity index is 1.95. The second kappa shape index (κ2) is 5.08. The molecule has 5 heteroatoms. The van der Waals surface area contributed by atoms with Crippen LogP contribution in [0.4, 0.5) is 0 Å². The van der Waals surface area contributed by atoms with Gasteiger partial charge in [0.25, 0.3) is 5.54 Å². The number of rotatable bonds is 2. The molecule has 0 aromatic carbocycles. The van der Waals surface area contributed by atoms with E-state index >= 15 is 0 Å². The van der Waals surface area contributed by atoms with Crippen LogP contribution < -0.4 is 0 Å². The van der Waals surface area contributed by atoms with E-state index in [-0.39, 0.29) is 0 Å². The Labute approximate surface area is 115 Å². The second-order valence-electron chi connectivity index (χ2n) is 4.51. The first-order valence-electron chi connectivity index (χ1n) is 6.18. The Kier molecular flexibility index (Phi) is 3.28. The van der Waals surface area contributed by atoms with E-state index in [4.69, 9.17) is 11.3 Å². The van der Waals surface area contributed by atoms with Crippen molar-refractivity contribution < 1.29 is 4.74 Å². The molecule has 19 heavy (non-hydrogen) atoms. The van der Waals surface area contributed by atoms with E-state index < -0.39 is 5.54 Å². The quantitative estimate of drug-likeness (QED) is 0.788. The zero-order valence-corrected chi connectivity index (χ0v) is 11.2. The molecule has 1 aliphatic heterocycles. The fourth-order valence-electron chi connectivity index (χ4n) is 2.20. The van der Waals surface area contributed by atoms with E-state index in [2.05, 4.69) is 14.8 Å². The van der Waals surface area contributed by atoms with Gasteiger partial charge in [-0.15, -0.1) is 11.3 Å². The minimum absolute atomic E-state index is 0.490. The number of ether oxygens (including phenoxy) is 1. The summed E-state index contributed by atoms with van der Waals surface area (Å²) in [6, 6.07) is 5.77. The van der Waals surface area contributed by atoms with Crippen molar-refractivity contribution in [1.82, 2.24) is 9.97 Å². The van der Waals surface area contributed by atoms with Crippen molar-refractivity contribution in [3.05, 3.63) is 46.2 Å². The summed E-state index contributed by atoms with van der Waals surface area (Å²) >= 11 is 1.55. The predicted molar refractivity (Wildman–Crippen MR) is 73.7 cm³/mol. The van der Waals surface area contributed by atoms with Crippen molar-refractivity contribution in [3.63, 3.8) is 0 Å². The van der Waals surface area contributed by atoms with Gasteiger partial charge in [-0.3, -0.25) is 4.98 Å². The van der Waals surface area contributed by atoms with Crippen LogP contribution in [-0.4, -0.2) is 23.2 Å². The monoisotopic (exact) mass is 271 g/mol. The van der Waals surface area contributed by atoms with Crippen molar-refractivity contribution in [2.45, 2.75) is 18.4 Å². The lowest BCUT2D eigenvalue weighted by atomic mass is 9.92. The fraction of sp³-hybridized carbons (Fsp3) is 0.357. The van der Waals surface area contributed by atoms with E-state index in [9.17, 15) is 0 Å². The lowest BCUT2D eigenvalue weighted by Gasteiger charge is -2.24. The molecule has 3 rings (SSSR count). The molecular weight excluding hydrogens is 258 g/mol. The van der Waals surface area contributed by atoms with Gasteiger partial charge in [-0.05, 0) is 12.1 Å². The second-order valence-corrected chi connectivity index (χ2v) is 5.37. The molecule has 1 saturated heterocycles. The molecule has 0 bridgehead atoms. The smallest absolute Gasteiger partial charge is 0.287 e. The fourth-order valence-corrected chi connectivity index (χ4v) is 3.22. The number of thiazole rings is 1. The highest BCUT2D eigenvalue weighted by Crippen LogP contribution is 2.39. The molecule has 4 nitrogen and oxygen atoms in total. The van der Waals surface area contributed by atoms with Crippen LogP contribution in [0.15, 0.2) is 29.8 Å². The predicted octanol–water partition coefficient (Wildman–Crippen LogP) is 3.13. The first kappa shape index (κ1) is 12.3. The van der Waals surface area contributed by atoms with Crippen LogP contribution in [0.5, 0.6) is 0 Å². The van der Waals surface area contributed by atoms with Gasteiger partial charge >= 0.3 is 0 Å². The molecule has 0 amide bonds. The molecule has 1 aliphatic rings. The number of aromatic nitrogens is 2. The topological polar surface area (TPSA) is 39.4 Å². The molecular formula is C14H13N3OS. The Morgan fingerprint density at radius 1 is 1.26 bits per heavy atom. The van der Waals surface area contributed by atoms with Gasteiger partial charge in [0.1, 0.15) is 5.69 Å². The highest BCUT2D eigenvalue weighted by molar-refractivity contribution is 7.10. The minimum atomic E-state index is -0.490. The number of hydrogen-bond donors (Lipinski definition) is 0. The van der Waals surface area contributed by atoms with Crippen LogP contribution in [0, 0.1) is 6.57 Å². The SMILES string of the molecule is [C-]#[N+]C1(c2nc(-c3ccccn3)cs2)CCOCC1. The Hall–Kier alpha value is -1.77. The van der Waals surface area contributed by atoms with Gasteiger partial charge in [0.15, 0.2) is 5.01 Å². The maximum atomic E-state index is 7.52. The van der Waals surface area contributed by atoms with Gasteiger partial charge in [0, 0.05) is 11.6 Å². The van der Waals surface area contributed by atoms with Crippen LogP contribution in [0.25, 0.3) is 16.2 Å². The highest BCUT2D eigenvalue weighted by Gasteiger charge is 2.43. The summed E-state index contributed by atoms with van der Waals surface area (Å²) < 4.78 is 5.36. The molecule has 2 aromatic rings. The van der Waals surface area contributed by atoms with Crippen LogP contribution in [0.1, 0.15) is 17.8 Å². The molecule has 3 heterocycles. The lowest BCUT2D eigenvalue weighted by molar-refractivity contribution is 0.0646. The van der Waals surface area contributed by atoms with Gasteiger partial charge in [0.2, 0.25) is 0 Å². The maximum absolute atomic E-state index is 7.52. The van der Waals surface area contributed by atoms with Crippen molar-refractivity contribution >= 4 is 11.3 Å². The zero-order chi connectivity index (χ0) is 13.1. The standard InChI is InChI=1S/C14H13N3OS/c1-15-14(5-8-18-9-6-14)13-17-12(10-19-13)11-4-2-3-7-16-11/h2-4,7,10H,5-6,8-9H2. The Bertz CT molecular complexity index is 597. The summed E-state index contributed by atoms with van der Waals surface area (Å²) in [6.07, 6.45) is 3.21. The molecule has 1 fully saturated rings. The summed E-state index contributed by atoms with van der Waals surface area (Å²) in [4.78, 5) is 12.8. The van der Waals surface area contributed by atoms with Crippen molar-refractivity contribution in [2.24, 2.45) is 0 Å². The molecule has 0 saturated carbocycles. The molecule has 0 unspecified atom stereocenters. The molecule has 0 aliphatic carbocycles. The molecule has 0 atom stereocenters. The molecule has 0 spiro atoms. The third-order valence-corrected chi connectivity index (χ3v) is 4.40. The van der Waals surface area contributed by atoms with E-state index in [0.29, 0.717) is 13.2 Å². The zero-order valence-electron chi connectivity index (χ0n) is 10.4. The first-order chi connectivity index (χ1) is 9.34. The molecule has 96 valence electrons. The molecule has 0 N–H and O–H groups in total. The van der Waals surface area contributed by atoms with Gasteiger partial charge in [0.05, 0.1) is 31.7 Å². The van der Waals surface area contributed by atoms with Gasteiger partial charge in [-0.25, -0.2) is 11.6 Å². The Morgan fingerprint density at radius 3 is 2.79 bits per heavy atom. The third-order valence-electron chi connectivity index (χ3n) is 3.36. The lowest BCUT2D eigenvalue weighted by Crippen LogP contribution is -2.30. The summed E-state index contributed by atoms with van der Waals surface area (Å²) in [6.45, 7) is 8.80. The average molecular weight is 271 g/mol. The summed E-state index contributed by atoms with van der Waals surface area (Å²) in [5, 5.41) is 2.88. The van der Waals surface area contributed by atoms with E-state index in [0.717, 1.165) is 29.2 Å². The van der Waals surface area contributed by atoms with Crippen molar-refractivity contribution in [1.29, 1.82) is 0 Å². The van der Waals surface area contributed by atoms with Crippen molar-refractivity contribution in [2.75, 3.05) is 13.2 Å². The summed E-state index contributed by atoms with van der Waals surface area (Å²) in [5.41, 5.74) is 1.22. The Morgan fingerprint density at radius 2 is 2.11 bits per heavy atom. The van der Waals surface area contributed by atoms with E-state index in [1.165, 1.54) is 0 Å². The van der Waals surface area contributed by atoms with E-state index in [1.54, 1.807) is 17.5 Å². The van der Waals surface area contributed by atoms with Crippen molar-refractivity contribution in [3.8, 4) is 11.4 Å². The average Bonchev–Trinajstić information content (AvgIpc) is 2.99. The van der Waals surface area contributed by atoms with Crippen LogP contribution >= 0.6 is 11.3 Å². The summed E-state index contributed by atoms with van der Waals surface area (Å²) in [7, 11) is 0. The largest absolute Gasteiger partial charge is 0.381 e. The van der Waals surface area contributed by atoms with Crippen LogP contribution in [0.3, 0.4) is 0 Å². The number of hydrogen-bond acceptors (Lipinski definition) is 4.